The third kappa shape index (κ3) is 6.04. The minimum Gasteiger partial charge on any atom is -0.497 e. The van der Waals surface area contributed by atoms with Crippen LogP contribution in [0.1, 0.15) is 27.8 Å². The van der Waals surface area contributed by atoms with Crippen LogP contribution in [-0.4, -0.2) is 51.2 Å². The molecule has 174 valence electrons. The number of amides is 2. The molecule has 1 atom stereocenters. The quantitative estimate of drug-likeness (QED) is 0.395. The van der Waals surface area contributed by atoms with Crippen LogP contribution in [0.4, 0.5) is 5.69 Å². The Bertz CT molecular complexity index is 1140. The number of nitrogens with zero attached hydrogens (tertiary/aromatic N) is 3. The number of thioether (sulfide) groups is 1. The summed E-state index contributed by atoms with van der Waals surface area (Å²) in [4.78, 5) is 24.9. The molecule has 1 aromatic heterocycles. The number of methoxy groups -OCH3 is 1. The molecule has 3 rings (SSSR count). The molecule has 0 aliphatic heterocycles. The van der Waals surface area contributed by atoms with Gasteiger partial charge in [0.25, 0.3) is 5.91 Å². The fourth-order valence-electron chi connectivity index (χ4n) is 2.99. The van der Waals surface area contributed by atoms with E-state index in [1.807, 2.05) is 6.92 Å². The van der Waals surface area contributed by atoms with Crippen molar-refractivity contribution in [2.75, 3.05) is 24.8 Å². The van der Waals surface area contributed by atoms with E-state index in [1.54, 1.807) is 61.2 Å². The Morgan fingerprint density at radius 3 is 2.61 bits per heavy atom. The first kappa shape index (κ1) is 24.6. The van der Waals surface area contributed by atoms with Crippen molar-refractivity contribution in [1.82, 2.24) is 20.1 Å². The summed E-state index contributed by atoms with van der Waals surface area (Å²) in [6.07, 6.45) is 0. The predicted octanol–water partition coefficient (Wildman–Crippen LogP) is 2.98. The first-order chi connectivity index (χ1) is 15.8. The Morgan fingerprint density at radius 2 is 1.94 bits per heavy atom. The van der Waals surface area contributed by atoms with Crippen LogP contribution in [0, 0.1) is 6.92 Å². The molecule has 0 saturated heterocycles. The molecule has 0 radical (unpaired) electrons. The number of hydrogen-bond acceptors (Lipinski definition) is 7. The van der Waals surface area contributed by atoms with Crippen molar-refractivity contribution >= 4 is 40.9 Å². The highest BCUT2D eigenvalue weighted by Crippen LogP contribution is 2.24. The summed E-state index contributed by atoms with van der Waals surface area (Å²) in [5, 5.41) is 24.6. The Morgan fingerprint density at radius 1 is 1.21 bits per heavy atom. The largest absolute Gasteiger partial charge is 0.497 e. The molecule has 0 unspecified atom stereocenters. The van der Waals surface area contributed by atoms with Gasteiger partial charge in [-0.05, 0) is 48.9 Å². The van der Waals surface area contributed by atoms with Crippen molar-refractivity contribution in [2.24, 2.45) is 7.05 Å². The number of aromatic nitrogens is 3. The zero-order valence-corrected chi connectivity index (χ0v) is 19.9. The molecule has 33 heavy (non-hydrogen) atoms. The van der Waals surface area contributed by atoms with E-state index in [1.165, 1.54) is 11.8 Å². The van der Waals surface area contributed by atoms with Gasteiger partial charge in [-0.2, -0.15) is 0 Å². The van der Waals surface area contributed by atoms with Crippen molar-refractivity contribution in [2.45, 2.75) is 18.1 Å². The SMILES string of the molecule is COc1ccc(C(=O)N[C@@H](CO)c2nnc(SCC(=O)Nc3cccc(Cl)c3C)n2C)cc1. The number of aliphatic hydroxyl groups is 1. The third-order valence-corrected chi connectivity index (χ3v) is 6.32. The molecule has 0 aliphatic rings. The average molecular weight is 490 g/mol. The zero-order valence-electron chi connectivity index (χ0n) is 18.3. The number of carbonyl (C=O) groups is 2. The molecule has 1 heterocycles. The summed E-state index contributed by atoms with van der Waals surface area (Å²) in [6, 6.07) is 11.1. The maximum absolute atomic E-state index is 12.6. The number of hydrogen-bond donors (Lipinski definition) is 3. The van der Waals surface area contributed by atoms with Gasteiger partial charge in [-0.1, -0.05) is 29.4 Å². The molecule has 9 nitrogen and oxygen atoms in total. The molecule has 2 aromatic carbocycles. The first-order valence-corrected chi connectivity index (χ1v) is 11.3. The molecule has 0 aliphatic carbocycles. The van der Waals surface area contributed by atoms with Crippen LogP contribution in [0.25, 0.3) is 0 Å². The molecular weight excluding hydrogens is 466 g/mol. The van der Waals surface area contributed by atoms with Gasteiger partial charge in [-0.15, -0.1) is 10.2 Å². The normalized spacial score (nSPS) is 11.7. The lowest BCUT2D eigenvalue weighted by Crippen LogP contribution is -2.32. The molecule has 0 saturated carbocycles. The van der Waals surface area contributed by atoms with Gasteiger partial charge in [-0.25, -0.2) is 0 Å². The fourth-order valence-corrected chi connectivity index (χ4v) is 3.88. The van der Waals surface area contributed by atoms with Crippen LogP contribution in [0.15, 0.2) is 47.6 Å². The van der Waals surface area contributed by atoms with Crippen LogP contribution in [0.3, 0.4) is 0 Å². The van der Waals surface area contributed by atoms with E-state index in [0.29, 0.717) is 33.0 Å². The summed E-state index contributed by atoms with van der Waals surface area (Å²) in [7, 11) is 3.25. The van der Waals surface area contributed by atoms with Gasteiger partial charge in [0.2, 0.25) is 5.91 Å². The standard InChI is InChI=1S/C22H24ClN5O4S/c1-13-16(23)5-4-6-17(13)24-19(30)12-33-22-27-26-20(28(22)2)18(11-29)25-21(31)14-7-9-15(32-3)10-8-14/h4-10,18,29H,11-12H2,1-3H3,(H,24,30)(H,25,31)/t18-/m0/s1. The van der Waals surface area contributed by atoms with Gasteiger partial charge in [0.15, 0.2) is 11.0 Å². The lowest BCUT2D eigenvalue weighted by Gasteiger charge is -2.16. The molecule has 3 N–H and O–H groups in total. The number of halogens is 1. The van der Waals surface area contributed by atoms with Gasteiger partial charge in [0.05, 0.1) is 19.5 Å². The van der Waals surface area contributed by atoms with Gasteiger partial charge in [-0.3, -0.25) is 9.59 Å². The highest BCUT2D eigenvalue weighted by atomic mass is 35.5. The molecule has 3 aromatic rings. The second kappa shape index (κ2) is 11.2. The summed E-state index contributed by atoms with van der Waals surface area (Å²) in [5.41, 5.74) is 1.85. The fraction of sp³-hybridized carbons (Fsp3) is 0.273. The lowest BCUT2D eigenvalue weighted by molar-refractivity contribution is -0.113. The smallest absolute Gasteiger partial charge is 0.251 e. The first-order valence-electron chi connectivity index (χ1n) is 9.96. The molecule has 0 spiro atoms. The second-order valence-corrected chi connectivity index (χ2v) is 8.44. The Kier molecular flexibility index (Phi) is 8.32. The maximum Gasteiger partial charge on any atom is 0.251 e. The van der Waals surface area contributed by atoms with Gasteiger partial charge < -0.3 is 25.0 Å². The van der Waals surface area contributed by atoms with E-state index in [9.17, 15) is 14.7 Å². The predicted molar refractivity (Wildman–Crippen MR) is 127 cm³/mol. The average Bonchev–Trinajstić information content (AvgIpc) is 3.19. The third-order valence-electron chi connectivity index (χ3n) is 4.89. The number of nitrogens with one attached hydrogen (secondary N) is 2. The summed E-state index contributed by atoms with van der Waals surface area (Å²) in [6.45, 7) is 1.46. The van der Waals surface area contributed by atoms with Crippen LogP contribution < -0.4 is 15.4 Å². The van der Waals surface area contributed by atoms with Gasteiger partial charge in [0, 0.05) is 23.3 Å². The molecule has 11 heteroatoms. The van der Waals surface area contributed by atoms with Crippen LogP contribution in [-0.2, 0) is 11.8 Å². The highest BCUT2D eigenvalue weighted by Gasteiger charge is 2.22. The zero-order chi connectivity index (χ0) is 24.0. The van der Waals surface area contributed by atoms with E-state index in [0.717, 1.165) is 5.56 Å². The number of rotatable bonds is 9. The molecular formula is C22H24ClN5O4S. The van der Waals surface area contributed by atoms with E-state index in [4.69, 9.17) is 16.3 Å². The van der Waals surface area contributed by atoms with Gasteiger partial charge in [0.1, 0.15) is 11.8 Å². The number of carbonyl (C=O) groups excluding carboxylic acids is 2. The molecule has 2 amide bonds. The van der Waals surface area contributed by atoms with Crippen molar-refractivity contribution < 1.29 is 19.4 Å². The number of ether oxygens (including phenoxy) is 1. The molecule has 0 fully saturated rings. The number of anilines is 1. The number of aliphatic hydroxyl groups excluding tert-OH is 1. The summed E-state index contributed by atoms with van der Waals surface area (Å²) >= 11 is 7.28. The Hall–Kier alpha value is -3.08. The van der Waals surface area contributed by atoms with Crippen LogP contribution >= 0.6 is 23.4 Å². The Balaban J connectivity index is 1.62. The maximum atomic E-state index is 12.6. The van der Waals surface area contributed by atoms with Crippen LogP contribution in [0.2, 0.25) is 5.02 Å². The van der Waals surface area contributed by atoms with Crippen molar-refractivity contribution in [3.8, 4) is 5.75 Å². The van der Waals surface area contributed by atoms with E-state index < -0.39 is 6.04 Å². The summed E-state index contributed by atoms with van der Waals surface area (Å²) < 4.78 is 6.73. The lowest BCUT2D eigenvalue weighted by atomic mass is 10.2. The van der Waals surface area contributed by atoms with E-state index in [2.05, 4.69) is 20.8 Å². The number of benzene rings is 2. The summed E-state index contributed by atoms with van der Waals surface area (Å²) in [5.74, 6) is 0.509. The van der Waals surface area contributed by atoms with Gasteiger partial charge >= 0.3 is 0 Å². The molecule has 0 bridgehead atoms. The topological polar surface area (TPSA) is 118 Å². The Labute approximate surface area is 200 Å². The van der Waals surface area contributed by atoms with Crippen molar-refractivity contribution in [3.63, 3.8) is 0 Å². The van der Waals surface area contributed by atoms with Crippen molar-refractivity contribution in [3.05, 3.63) is 64.4 Å². The van der Waals surface area contributed by atoms with E-state index >= 15 is 0 Å². The monoisotopic (exact) mass is 489 g/mol. The highest BCUT2D eigenvalue weighted by molar-refractivity contribution is 7.99. The van der Waals surface area contributed by atoms with E-state index in [-0.39, 0.29) is 24.2 Å². The second-order valence-electron chi connectivity index (χ2n) is 7.09. The van der Waals surface area contributed by atoms with Crippen LogP contribution in [0.5, 0.6) is 5.75 Å². The van der Waals surface area contributed by atoms with Crippen molar-refractivity contribution in [1.29, 1.82) is 0 Å². The minimum absolute atomic E-state index is 0.0971. The minimum atomic E-state index is -0.769.